The van der Waals surface area contributed by atoms with E-state index in [2.05, 4.69) is 0 Å². The van der Waals surface area contributed by atoms with Crippen LogP contribution >= 0.6 is 11.6 Å². The Bertz CT molecular complexity index is 555. The fourth-order valence-electron chi connectivity index (χ4n) is 3.21. The molecule has 0 amide bonds. The van der Waals surface area contributed by atoms with Crippen molar-refractivity contribution in [2.75, 3.05) is 0 Å². The van der Waals surface area contributed by atoms with Gasteiger partial charge in [0.15, 0.2) is 0 Å². The van der Waals surface area contributed by atoms with Gasteiger partial charge in [-0.25, -0.2) is 0 Å². The van der Waals surface area contributed by atoms with Crippen LogP contribution < -0.4 is 0 Å². The van der Waals surface area contributed by atoms with E-state index in [1.165, 1.54) is 0 Å². The van der Waals surface area contributed by atoms with E-state index in [4.69, 9.17) is 16.7 Å². The van der Waals surface area contributed by atoms with Crippen LogP contribution in [0.3, 0.4) is 0 Å². The number of hydrogen-bond donors (Lipinski definition) is 3. The van der Waals surface area contributed by atoms with Crippen molar-refractivity contribution in [2.45, 2.75) is 50.2 Å². The smallest absolute Gasteiger partial charge is 0.306 e. The highest BCUT2D eigenvalue weighted by Gasteiger charge is 2.35. The predicted octanol–water partition coefficient (Wildman–Crippen LogP) is 3.20. The lowest BCUT2D eigenvalue weighted by molar-refractivity contribution is -0.144. The summed E-state index contributed by atoms with van der Waals surface area (Å²) in [6, 6.07) is 7.35. The number of carbonyl (C=O) groups is 1. The first-order valence-corrected chi connectivity index (χ1v) is 8.29. The second-order valence-electron chi connectivity index (χ2n) is 6.43. The van der Waals surface area contributed by atoms with Crippen LogP contribution in [0.5, 0.6) is 0 Å². The highest BCUT2D eigenvalue weighted by Crippen LogP contribution is 2.35. The fourth-order valence-corrected chi connectivity index (χ4v) is 3.33. The molecule has 3 unspecified atom stereocenters. The molecule has 2 rings (SSSR count). The minimum atomic E-state index is -1.12. The Morgan fingerprint density at radius 1 is 1.39 bits per heavy atom. The van der Waals surface area contributed by atoms with Crippen LogP contribution in [0.1, 0.15) is 37.7 Å². The van der Waals surface area contributed by atoms with E-state index >= 15 is 0 Å². The van der Waals surface area contributed by atoms with Crippen LogP contribution in [-0.2, 0) is 11.2 Å². The molecule has 0 bridgehead atoms. The van der Waals surface area contributed by atoms with Gasteiger partial charge in [0.2, 0.25) is 0 Å². The van der Waals surface area contributed by atoms with Gasteiger partial charge in [-0.05, 0) is 49.3 Å². The number of allylic oxidation sites excluding steroid dienone is 1. The fraction of sp³-hybridized carbons (Fsp3) is 0.500. The Kier molecular flexibility index (Phi) is 6.22. The molecule has 0 radical (unpaired) electrons. The molecule has 5 heteroatoms. The summed E-state index contributed by atoms with van der Waals surface area (Å²) in [6.07, 6.45) is 5.99. The molecule has 0 heterocycles. The normalized spacial score (nSPS) is 26.3. The van der Waals surface area contributed by atoms with Crippen molar-refractivity contribution in [3.8, 4) is 0 Å². The van der Waals surface area contributed by atoms with Gasteiger partial charge in [0, 0.05) is 11.4 Å². The van der Waals surface area contributed by atoms with Crippen molar-refractivity contribution in [1.29, 1.82) is 0 Å². The van der Waals surface area contributed by atoms with E-state index in [1.54, 1.807) is 18.2 Å². The Hall–Kier alpha value is -1.36. The molecule has 0 aromatic heterocycles. The number of halogens is 1. The number of aliphatic carboxylic acids is 1. The quantitative estimate of drug-likeness (QED) is 0.696. The highest BCUT2D eigenvalue weighted by molar-refractivity contribution is 6.30. The van der Waals surface area contributed by atoms with E-state index < -0.39 is 17.7 Å². The summed E-state index contributed by atoms with van der Waals surface area (Å²) in [5.74, 6) is -0.868. The summed E-state index contributed by atoms with van der Waals surface area (Å²) in [5, 5.41) is 30.0. The third-order valence-corrected chi connectivity index (χ3v) is 4.55. The first-order chi connectivity index (χ1) is 10.9. The molecule has 23 heavy (non-hydrogen) atoms. The summed E-state index contributed by atoms with van der Waals surface area (Å²) in [5.41, 5.74) is -0.127. The molecule has 1 aromatic carbocycles. The second kappa shape index (κ2) is 7.95. The minimum Gasteiger partial charge on any atom is -0.481 e. The van der Waals surface area contributed by atoms with Gasteiger partial charge in [-0.1, -0.05) is 35.9 Å². The summed E-state index contributed by atoms with van der Waals surface area (Å²) < 4.78 is 0. The third-order valence-electron chi connectivity index (χ3n) is 4.30. The third kappa shape index (κ3) is 5.98. The molecule has 3 atom stereocenters. The van der Waals surface area contributed by atoms with E-state index in [-0.39, 0.29) is 12.3 Å². The molecule has 1 aliphatic rings. The summed E-state index contributed by atoms with van der Waals surface area (Å²) in [6.45, 7) is 0. The molecule has 0 aliphatic heterocycles. The largest absolute Gasteiger partial charge is 0.481 e. The molecule has 4 nitrogen and oxygen atoms in total. The summed E-state index contributed by atoms with van der Waals surface area (Å²) in [4.78, 5) is 10.8. The average Bonchev–Trinajstić information content (AvgIpc) is 2.46. The number of benzene rings is 1. The van der Waals surface area contributed by atoms with E-state index in [1.807, 2.05) is 18.2 Å². The SMILES string of the molecule is O=C(O)CC1(O)CCCC(/C=C/C(O)Cc2ccc(Cl)cc2)C1. The molecular weight excluding hydrogens is 316 g/mol. The average molecular weight is 339 g/mol. The second-order valence-corrected chi connectivity index (χ2v) is 6.87. The van der Waals surface area contributed by atoms with Crippen molar-refractivity contribution < 1.29 is 20.1 Å². The molecule has 1 aromatic rings. The Morgan fingerprint density at radius 2 is 2.09 bits per heavy atom. The predicted molar refractivity (Wildman–Crippen MR) is 89.5 cm³/mol. The van der Waals surface area contributed by atoms with Gasteiger partial charge < -0.3 is 15.3 Å². The lowest BCUT2D eigenvalue weighted by Gasteiger charge is -2.34. The first-order valence-electron chi connectivity index (χ1n) is 7.91. The van der Waals surface area contributed by atoms with Crippen LogP contribution in [0.4, 0.5) is 0 Å². The standard InChI is InChI=1S/C18H23ClO4/c19-15-6-3-13(4-7-15)10-16(20)8-5-14-2-1-9-18(23,11-14)12-17(21)22/h3-8,14,16,20,23H,1-2,9-12H2,(H,21,22)/b8-5+. The topological polar surface area (TPSA) is 77.8 Å². The molecule has 0 spiro atoms. The molecular formula is C18H23ClO4. The monoisotopic (exact) mass is 338 g/mol. The lowest BCUT2D eigenvalue weighted by Crippen LogP contribution is -2.37. The zero-order chi connectivity index (χ0) is 16.9. The van der Waals surface area contributed by atoms with Gasteiger partial charge in [0.25, 0.3) is 0 Å². The first kappa shape index (κ1) is 18.0. The molecule has 0 saturated heterocycles. The van der Waals surface area contributed by atoms with Crippen molar-refractivity contribution in [1.82, 2.24) is 0 Å². The van der Waals surface area contributed by atoms with Gasteiger partial charge in [0.1, 0.15) is 0 Å². The summed E-state index contributed by atoms with van der Waals surface area (Å²) in [7, 11) is 0. The van der Waals surface area contributed by atoms with Gasteiger partial charge >= 0.3 is 5.97 Å². The van der Waals surface area contributed by atoms with Gasteiger partial charge in [0.05, 0.1) is 18.1 Å². The molecule has 1 fully saturated rings. The Labute approximate surface area is 141 Å². The Morgan fingerprint density at radius 3 is 2.74 bits per heavy atom. The Balaban J connectivity index is 1.88. The maximum atomic E-state index is 10.8. The van der Waals surface area contributed by atoms with Crippen LogP contribution in [0.15, 0.2) is 36.4 Å². The molecule has 1 saturated carbocycles. The number of hydrogen-bond acceptors (Lipinski definition) is 3. The minimum absolute atomic E-state index is 0.105. The van der Waals surface area contributed by atoms with Crippen molar-refractivity contribution in [3.05, 3.63) is 47.0 Å². The van der Waals surface area contributed by atoms with Gasteiger partial charge in [-0.2, -0.15) is 0 Å². The maximum Gasteiger partial charge on any atom is 0.306 e. The number of aliphatic hydroxyl groups excluding tert-OH is 1. The van der Waals surface area contributed by atoms with Crippen LogP contribution in [0.25, 0.3) is 0 Å². The van der Waals surface area contributed by atoms with Crippen molar-refractivity contribution in [3.63, 3.8) is 0 Å². The van der Waals surface area contributed by atoms with Crippen LogP contribution in [0, 0.1) is 5.92 Å². The van der Waals surface area contributed by atoms with Crippen LogP contribution in [0.2, 0.25) is 5.02 Å². The number of carboxylic acids is 1. The van der Waals surface area contributed by atoms with E-state index in [9.17, 15) is 15.0 Å². The number of carboxylic acid groups (broad SMARTS) is 1. The zero-order valence-electron chi connectivity index (χ0n) is 13.0. The number of rotatable bonds is 6. The highest BCUT2D eigenvalue weighted by atomic mass is 35.5. The van der Waals surface area contributed by atoms with Gasteiger partial charge in [-0.15, -0.1) is 0 Å². The summed E-state index contributed by atoms with van der Waals surface area (Å²) >= 11 is 5.83. The maximum absolute atomic E-state index is 10.8. The van der Waals surface area contributed by atoms with Crippen molar-refractivity contribution >= 4 is 17.6 Å². The van der Waals surface area contributed by atoms with Crippen LogP contribution in [-0.4, -0.2) is 33.0 Å². The molecule has 126 valence electrons. The lowest BCUT2D eigenvalue weighted by atomic mass is 9.76. The van der Waals surface area contributed by atoms with E-state index in [0.29, 0.717) is 24.3 Å². The molecule has 1 aliphatic carbocycles. The van der Waals surface area contributed by atoms with Crippen molar-refractivity contribution in [2.24, 2.45) is 5.92 Å². The zero-order valence-corrected chi connectivity index (χ0v) is 13.7. The molecule has 3 N–H and O–H groups in total. The number of aliphatic hydroxyl groups is 2. The van der Waals surface area contributed by atoms with E-state index in [0.717, 1.165) is 18.4 Å². The van der Waals surface area contributed by atoms with Gasteiger partial charge in [-0.3, -0.25) is 4.79 Å².